The van der Waals surface area contributed by atoms with Gasteiger partial charge in [-0.2, -0.15) is 0 Å². The van der Waals surface area contributed by atoms with Crippen molar-refractivity contribution in [2.75, 3.05) is 0 Å². The fraction of sp³-hybridized carbons (Fsp3) is 0.133. The van der Waals surface area contributed by atoms with Gasteiger partial charge in [0, 0.05) is 18.3 Å². The number of nitrogens with zero attached hydrogens (tertiary/aromatic N) is 2. The summed E-state index contributed by atoms with van der Waals surface area (Å²) in [5.74, 6) is 0. The Morgan fingerprint density at radius 2 is 1.63 bits per heavy atom. The number of nitro groups is 1. The number of non-ortho nitro benzene ring substituents is 1. The van der Waals surface area contributed by atoms with Crippen LogP contribution in [0.5, 0.6) is 0 Å². The normalized spacial score (nSPS) is 10.8. The first-order chi connectivity index (χ1) is 9.08. The minimum atomic E-state index is -0.410. The second kappa shape index (κ2) is 5.44. The third-order valence-corrected chi connectivity index (χ3v) is 2.89. The summed E-state index contributed by atoms with van der Waals surface area (Å²) >= 11 is 0. The standard InChI is InChI=1S/C15H14N2O2/c1-11-4-3-5-12(2)15(11)16-10-13-6-8-14(9-7-13)17(18)19/h3-10H,1-2H3/b16-10+. The smallest absolute Gasteiger partial charge is 0.258 e. The molecular weight excluding hydrogens is 240 g/mol. The molecule has 2 aromatic rings. The Labute approximate surface area is 111 Å². The first kappa shape index (κ1) is 13.0. The Kier molecular flexibility index (Phi) is 3.71. The van der Waals surface area contributed by atoms with Gasteiger partial charge >= 0.3 is 0 Å². The first-order valence-corrected chi connectivity index (χ1v) is 5.92. The summed E-state index contributed by atoms with van der Waals surface area (Å²) in [6.07, 6.45) is 1.72. The molecule has 96 valence electrons. The molecule has 19 heavy (non-hydrogen) atoms. The van der Waals surface area contributed by atoms with E-state index in [4.69, 9.17) is 0 Å². The van der Waals surface area contributed by atoms with Crippen LogP contribution in [0, 0.1) is 24.0 Å². The molecule has 0 saturated carbocycles. The van der Waals surface area contributed by atoms with E-state index in [9.17, 15) is 10.1 Å². The van der Waals surface area contributed by atoms with Crippen molar-refractivity contribution in [3.05, 3.63) is 69.3 Å². The maximum atomic E-state index is 10.6. The Balaban J connectivity index is 2.25. The van der Waals surface area contributed by atoms with Crippen LogP contribution in [-0.2, 0) is 0 Å². The van der Waals surface area contributed by atoms with Gasteiger partial charge in [0.2, 0.25) is 0 Å². The molecule has 0 N–H and O–H groups in total. The van der Waals surface area contributed by atoms with Crippen molar-refractivity contribution in [2.45, 2.75) is 13.8 Å². The molecule has 0 aliphatic carbocycles. The topological polar surface area (TPSA) is 55.5 Å². The summed E-state index contributed by atoms with van der Waals surface area (Å²) < 4.78 is 0. The van der Waals surface area contributed by atoms with Crippen LogP contribution in [0.3, 0.4) is 0 Å². The molecule has 0 spiro atoms. The second-order valence-electron chi connectivity index (χ2n) is 4.35. The van der Waals surface area contributed by atoms with Gasteiger partial charge < -0.3 is 0 Å². The number of rotatable bonds is 3. The van der Waals surface area contributed by atoms with Crippen molar-refractivity contribution in [3.8, 4) is 0 Å². The van der Waals surface area contributed by atoms with E-state index in [1.54, 1.807) is 18.3 Å². The lowest BCUT2D eigenvalue weighted by atomic mass is 10.1. The van der Waals surface area contributed by atoms with Gasteiger partial charge in [0.05, 0.1) is 10.6 Å². The highest BCUT2D eigenvalue weighted by Crippen LogP contribution is 2.22. The average molecular weight is 254 g/mol. The Hall–Kier alpha value is -2.49. The average Bonchev–Trinajstić information content (AvgIpc) is 2.38. The van der Waals surface area contributed by atoms with Gasteiger partial charge in [-0.3, -0.25) is 15.1 Å². The Morgan fingerprint density at radius 3 is 2.16 bits per heavy atom. The lowest BCUT2D eigenvalue weighted by molar-refractivity contribution is -0.384. The van der Waals surface area contributed by atoms with Crippen LogP contribution < -0.4 is 0 Å². The molecule has 0 heterocycles. The molecule has 0 amide bonds. The first-order valence-electron chi connectivity index (χ1n) is 5.92. The van der Waals surface area contributed by atoms with Gasteiger partial charge in [0.1, 0.15) is 0 Å². The highest BCUT2D eigenvalue weighted by atomic mass is 16.6. The van der Waals surface area contributed by atoms with Crippen molar-refractivity contribution in [1.82, 2.24) is 0 Å². The molecule has 0 saturated heterocycles. The molecule has 0 aliphatic heterocycles. The van der Waals surface area contributed by atoms with Crippen molar-refractivity contribution >= 4 is 17.6 Å². The van der Waals surface area contributed by atoms with Crippen molar-refractivity contribution in [3.63, 3.8) is 0 Å². The van der Waals surface area contributed by atoms with Crippen LogP contribution in [0.1, 0.15) is 16.7 Å². The summed E-state index contributed by atoms with van der Waals surface area (Å²) in [5, 5.41) is 10.6. The van der Waals surface area contributed by atoms with E-state index in [1.165, 1.54) is 12.1 Å². The van der Waals surface area contributed by atoms with Crippen molar-refractivity contribution in [1.29, 1.82) is 0 Å². The number of nitro benzene ring substituents is 1. The molecule has 0 unspecified atom stereocenters. The zero-order valence-electron chi connectivity index (χ0n) is 10.8. The van der Waals surface area contributed by atoms with Gasteiger partial charge in [0.15, 0.2) is 0 Å². The summed E-state index contributed by atoms with van der Waals surface area (Å²) in [6, 6.07) is 12.4. The maximum absolute atomic E-state index is 10.6. The number of para-hydroxylation sites is 1. The largest absolute Gasteiger partial charge is 0.269 e. The summed E-state index contributed by atoms with van der Waals surface area (Å²) in [4.78, 5) is 14.6. The lowest BCUT2D eigenvalue weighted by Gasteiger charge is -2.03. The molecule has 4 heteroatoms. The molecule has 0 fully saturated rings. The summed E-state index contributed by atoms with van der Waals surface area (Å²) in [6.45, 7) is 4.02. The zero-order valence-corrected chi connectivity index (χ0v) is 10.8. The quantitative estimate of drug-likeness (QED) is 0.473. The van der Waals surface area contributed by atoms with E-state index in [0.29, 0.717) is 0 Å². The van der Waals surface area contributed by atoms with E-state index in [2.05, 4.69) is 4.99 Å². The van der Waals surface area contributed by atoms with Crippen molar-refractivity contribution < 1.29 is 4.92 Å². The van der Waals surface area contributed by atoms with Gasteiger partial charge in [-0.25, -0.2) is 0 Å². The minimum Gasteiger partial charge on any atom is -0.258 e. The summed E-state index contributed by atoms with van der Waals surface area (Å²) in [7, 11) is 0. The monoisotopic (exact) mass is 254 g/mol. The summed E-state index contributed by atoms with van der Waals surface area (Å²) in [5.41, 5.74) is 4.09. The molecule has 4 nitrogen and oxygen atoms in total. The minimum absolute atomic E-state index is 0.0872. The van der Waals surface area contributed by atoms with Gasteiger partial charge in [-0.05, 0) is 42.7 Å². The number of hydrogen-bond donors (Lipinski definition) is 0. The SMILES string of the molecule is Cc1cccc(C)c1/N=C/c1ccc([N+](=O)[O-])cc1. The van der Waals surface area contributed by atoms with E-state index < -0.39 is 4.92 Å². The van der Waals surface area contributed by atoms with Crippen LogP contribution in [0.2, 0.25) is 0 Å². The Bertz CT molecular complexity index is 611. The lowest BCUT2D eigenvalue weighted by Crippen LogP contribution is -1.88. The van der Waals surface area contributed by atoms with Crippen LogP contribution in [0.4, 0.5) is 11.4 Å². The van der Waals surface area contributed by atoms with E-state index in [1.807, 2.05) is 32.0 Å². The number of aryl methyl sites for hydroxylation is 2. The predicted molar refractivity (Wildman–Crippen MR) is 76.3 cm³/mol. The third kappa shape index (κ3) is 3.04. The van der Waals surface area contributed by atoms with E-state index >= 15 is 0 Å². The molecular formula is C15H14N2O2. The molecule has 2 aromatic carbocycles. The molecule has 0 atom stereocenters. The molecule has 2 rings (SSSR count). The maximum Gasteiger partial charge on any atom is 0.269 e. The predicted octanol–water partition coefficient (Wildman–Crippen LogP) is 3.96. The molecule has 0 bridgehead atoms. The van der Waals surface area contributed by atoms with Gasteiger partial charge in [0.25, 0.3) is 5.69 Å². The van der Waals surface area contributed by atoms with Crippen LogP contribution in [0.25, 0.3) is 0 Å². The Morgan fingerprint density at radius 1 is 1.05 bits per heavy atom. The van der Waals surface area contributed by atoms with Crippen LogP contribution in [0.15, 0.2) is 47.5 Å². The highest BCUT2D eigenvalue weighted by Gasteiger charge is 2.03. The zero-order chi connectivity index (χ0) is 13.8. The second-order valence-corrected chi connectivity index (χ2v) is 4.35. The number of aliphatic imine (C=N–C) groups is 1. The molecule has 0 radical (unpaired) electrons. The van der Waals surface area contributed by atoms with E-state index in [0.717, 1.165) is 22.4 Å². The van der Waals surface area contributed by atoms with Gasteiger partial charge in [-0.1, -0.05) is 18.2 Å². The fourth-order valence-corrected chi connectivity index (χ4v) is 1.83. The molecule has 0 aliphatic rings. The number of hydrogen-bond acceptors (Lipinski definition) is 3. The fourth-order valence-electron chi connectivity index (χ4n) is 1.83. The van der Waals surface area contributed by atoms with E-state index in [-0.39, 0.29) is 5.69 Å². The third-order valence-electron chi connectivity index (χ3n) is 2.89. The van der Waals surface area contributed by atoms with Crippen molar-refractivity contribution in [2.24, 2.45) is 4.99 Å². The highest BCUT2D eigenvalue weighted by molar-refractivity contribution is 5.83. The van der Waals surface area contributed by atoms with Gasteiger partial charge in [-0.15, -0.1) is 0 Å². The molecule has 0 aromatic heterocycles. The number of benzene rings is 2. The van der Waals surface area contributed by atoms with Crippen LogP contribution >= 0.6 is 0 Å². The van der Waals surface area contributed by atoms with Crippen LogP contribution in [-0.4, -0.2) is 11.1 Å².